The SMILES string of the molecule is O=C(NCc1ccc(F)c(F)c1)c1cc2c3c(c1)C(c1ccccc1)CCN3CCC2c1ccccc1. The van der Waals surface area contributed by atoms with Crippen LogP contribution in [0.3, 0.4) is 0 Å². The number of amides is 1. The first kappa shape index (κ1) is 23.4. The van der Waals surface area contributed by atoms with Gasteiger partial charge in [-0.2, -0.15) is 0 Å². The van der Waals surface area contributed by atoms with E-state index in [2.05, 4.69) is 58.7 Å². The second kappa shape index (κ2) is 9.81. The quantitative estimate of drug-likeness (QED) is 0.332. The van der Waals surface area contributed by atoms with Gasteiger partial charge < -0.3 is 10.2 Å². The van der Waals surface area contributed by atoms with E-state index in [-0.39, 0.29) is 24.3 Å². The lowest BCUT2D eigenvalue weighted by atomic mass is 9.76. The van der Waals surface area contributed by atoms with Gasteiger partial charge in [-0.25, -0.2) is 8.78 Å². The second-order valence-electron chi connectivity index (χ2n) is 9.93. The molecular formula is C32H28F2N2O. The Labute approximate surface area is 215 Å². The standard InChI is InChI=1S/C32H28F2N2O/c33-29-12-11-21(17-30(29)34)20-35-32(37)24-18-27-25(22-7-3-1-4-8-22)13-15-36-16-14-26(28(19-24)31(27)36)23-9-5-2-6-10-23/h1-12,17-19,25-26H,13-16,20H2,(H,35,37). The second-order valence-corrected chi connectivity index (χ2v) is 9.93. The molecule has 4 aromatic carbocycles. The molecule has 2 aliphatic heterocycles. The Morgan fingerprint density at radius 3 is 1.86 bits per heavy atom. The van der Waals surface area contributed by atoms with Gasteiger partial charge in [0.1, 0.15) is 0 Å². The molecule has 2 aliphatic rings. The van der Waals surface area contributed by atoms with Crippen LogP contribution >= 0.6 is 0 Å². The number of benzene rings is 4. The summed E-state index contributed by atoms with van der Waals surface area (Å²) in [5.41, 5.74) is 7.26. The summed E-state index contributed by atoms with van der Waals surface area (Å²) < 4.78 is 27.0. The van der Waals surface area contributed by atoms with Crippen molar-refractivity contribution in [2.75, 3.05) is 18.0 Å². The predicted molar refractivity (Wildman–Crippen MR) is 142 cm³/mol. The van der Waals surface area contributed by atoms with E-state index in [1.165, 1.54) is 34.0 Å². The smallest absolute Gasteiger partial charge is 0.251 e. The Morgan fingerprint density at radius 2 is 1.32 bits per heavy atom. The van der Waals surface area contributed by atoms with Crippen molar-refractivity contribution in [1.82, 2.24) is 5.32 Å². The number of anilines is 1. The topological polar surface area (TPSA) is 32.3 Å². The van der Waals surface area contributed by atoms with Gasteiger partial charge in [0, 0.05) is 42.7 Å². The summed E-state index contributed by atoms with van der Waals surface area (Å²) in [5, 5.41) is 2.92. The van der Waals surface area contributed by atoms with Crippen LogP contribution in [0.5, 0.6) is 0 Å². The fraction of sp³-hybridized carbons (Fsp3) is 0.219. The van der Waals surface area contributed by atoms with Crippen molar-refractivity contribution in [2.45, 2.75) is 31.2 Å². The lowest BCUT2D eigenvalue weighted by Gasteiger charge is -2.43. The highest BCUT2D eigenvalue weighted by Crippen LogP contribution is 2.48. The van der Waals surface area contributed by atoms with Crippen LogP contribution in [-0.2, 0) is 6.54 Å². The highest BCUT2D eigenvalue weighted by atomic mass is 19.2. The third-order valence-electron chi connectivity index (χ3n) is 7.71. The van der Waals surface area contributed by atoms with Gasteiger partial charge in [-0.15, -0.1) is 0 Å². The Kier molecular flexibility index (Phi) is 6.21. The van der Waals surface area contributed by atoms with Crippen molar-refractivity contribution < 1.29 is 13.6 Å². The van der Waals surface area contributed by atoms with Gasteiger partial charge in [-0.05, 0) is 64.9 Å². The van der Waals surface area contributed by atoms with E-state index in [1.807, 2.05) is 24.3 Å². The van der Waals surface area contributed by atoms with Crippen molar-refractivity contribution >= 4 is 11.6 Å². The summed E-state index contributed by atoms with van der Waals surface area (Å²) in [6.45, 7) is 2.10. The van der Waals surface area contributed by atoms with E-state index in [0.29, 0.717) is 11.1 Å². The molecule has 0 aliphatic carbocycles. The summed E-state index contributed by atoms with van der Waals surface area (Å²) >= 11 is 0. The van der Waals surface area contributed by atoms with Crippen LogP contribution in [0, 0.1) is 11.6 Å². The molecule has 0 bridgehead atoms. The number of nitrogens with one attached hydrogen (secondary N) is 1. The van der Waals surface area contributed by atoms with Crippen LogP contribution in [0.15, 0.2) is 91.0 Å². The van der Waals surface area contributed by atoms with E-state index in [4.69, 9.17) is 0 Å². The van der Waals surface area contributed by atoms with Gasteiger partial charge in [0.2, 0.25) is 0 Å². The molecule has 186 valence electrons. The Bertz CT molecular complexity index is 1370. The van der Waals surface area contributed by atoms with E-state index in [9.17, 15) is 13.6 Å². The first-order valence-corrected chi connectivity index (χ1v) is 12.8. The molecule has 37 heavy (non-hydrogen) atoms. The van der Waals surface area contributed by atoms with Crippen LogP contribution in [-0.4, -0.2) is 19.0 Å². The fourth-order valence-electron chi connectivity index (χ4n) is 5.92. The summed E-state index contributed by atoms with van der Waals surface area (Å²) in [4.78, 5) is 15.9. The average molecular weight is 495 g/mol. The first-order chi connectivity index (χ1) is 18.1. The lowest BCUT2D eigenvalue weighted by Crippen LogP contribution is -2.38. The maximum absolute atomic E-state index is 13.7. The Hall–Kier alpha value is -3.99. The zero-order chi connectivity index (χ0) is 25.4. The van der Waals surface area contributed by atoms with Crippen molar-refractivity contribution in [3.8, 4) is 0 Å². The van der Waals surface area contributed by atoms with Gasteiger partial charge in [-0.3, -0.25) is 4.79 Å². The van der Waals surface area contributed by atoms with E-state index >= 15 is 0 Å². The first-order valence-electron chi connectivity index (χ1n) is 12.8. The minimum absolute atomic E-state index is 0.124. The predicted octanol–water partition coefficient (Wildman–Crippen LogP) is 6.77. The molecule has 1 amide bonds. The van der Waals surface area contributed by atoms with Crippen molar-refractivity contribution in [2.24, 2.45) is 0 Å². The molecule has 1 N–H and O–H groups in total. The molecule has 0 saturated heterocycles. The fourth-order valence-corrected chi connectivity index (χ4v) is 5.92. The zero-order valence-corrected chi connectivity index (χ0v) is 20.5. The summed E-state index contributed by atoms with van der Waals surface area (Å²) in [6, 6.07) is 28.8. The number of carbonyl (C=O) groups is 1. The molecule has 2 unspecified atom stereocenters. The molecule has 4 aromatic rings. The van der Waals surface area contributed by atoms with Crippen LogP contribution in [0.1, 0.15) is 62.9 Å². The molecule has 5 heteroatoms. The number of nitrogens with zero attached hydrogens (tertiary/aromatic N) is 1. The van der Waals surface area contributed by atoms with Crippen molar-refractivity contribution in [1.29, 1.82) is 0 Å². The van der Waals surface area contributed by atoms with Crippen molar-refractivity contribution in [3.05, 3.63) is 136 Å². The third kappa shape index (κ3) is 4.50. The number of carbonyl (C=O) groups excluding carboxylic acids is 1. The molecule has 2 atom stereocenters. The minimum atomic E-state index is -0.915. The number of hydrogen-bond donors (Lipinski definition) is 1. The maximum Gasteiger partial charge on any atom is 0.251 e. The van der Waals surface area contributed by atoms with E-state index < -0.39 is 11.6 Å². The van der Waals surface area contributed by atoms with Crippen LogP contribution < -0.4 is 10.2 Å². The third-order valence-corrected chi connectivity index (χ3v) is 7.71. The lowest BCUT2D eigenvalue weighted by molar-refractivity contribution is 0.0950. The van der Waals surface area contributed by atoms with Crippen molar-refractivity contribution in [3.63, 3.8) is 0 Å². The highest BCUT2D eigenvalue weighted by Gasteiger charge is 2.35. The molecule has 2 heterocycles. The molecule has 0 fully saturated rings. The number of hydrogen-bond acceptors (Lipinski definition) is 2. The van der Waals surface area contributed by atoms with E-state index in [0.717, 1.165) is 38.1 Å². The molecule has 0 spiro atoms. The van der Waals surface area contributed by atoms with Crippen LogP contribution in [0.25, 0.3) is 0 Å². The van der Waals surface area contributed by atoms with Gasteiger partial charge in [-0.1, -0.05) is 66.7 Å². The maximum atomic E-state index is 13.7. The molecule has 0 saturated carbocycles. The van der Waals surface area contributed by atoms with Gasteiger partial charge in [0.25, 0.3) is 5.91 Å². The Morgan fingerprint density at radius 1 is 0.757 bits per heavy atom. The zero-order valence-electron chi connectivity index (χ0n) is 20.5. The Balaban J connectivity index is 1.41. The molecule has 6 rings (SSSR count). The van der Waals surface area contributed by atoms with Crippen LogP contribution in [0.4, 0.5) is 14.5 Å². The van der Waals surface area contributed by atoms with Gasteiger partial charge in [0.05, 0.1) is 0 Å². The average Bonchev–Trinajstić information content (AvgIpc) is 2.94. The molecular weight excluding hydrogens is 466 g/mol. The largest absolute Gasteiger partial charge is 0.371 e. The normalized spacial score (nSPS) is 18.3. The number of rotatable bonds is 5. The number of halogens is 2. The molecule has 0 radical (unpaired) electrons. The molecule has 0 aromatic heterocycles. The highest BCUT2D eigenvalue weighted by molar-refractivity contribution is 5.96. The monoisotopic (exact) mass is 494 g/mol. The summed E-state index contributed by atoms with van der Waals surface area (Å²) in [6.07, 6.45) is 1.98. The van der Waals surface area contributed by atoms with Gasteiger partial charge in [0.15, 0.2) is 11.6 Å². The van der Waals surface area contributed by atoms with E-state index in [1.54, 1.807) is 0 Å². The summed E-state index contributed by atoms with van der Waals surface area (Å²) in [5.74, 6) is -1.61. The van der Waals surface area contributed by atoms with Gasteiger partial charge >= 0.3 is 0 Å². The van der Waals surface area contributed by atoms with Crippen LogP contribution in [0.2, 0.25) is 0 Å². The molecule has 3 nitrogen and oxygen atoms in total. The minimum Gasteiger partial charge on any atom is -0.371 e. The summed E-state index contributed by atoms with van der Waals surface area (Å²) in [7, 11) is 0.